The first-order valence-corrected chi connectivity index (χ1v) is 7.76. The van der Waals surface area contributed by atoms with Crippen LogP contribution in [0.3, 0.4) is 0 Å². The van der Waals surface area contributed by atoms with Crippen LogP contribution in [-0.2, 0) is 0 Å². The van der Waals surface area contributed by atoms with E-state index in [4.69, 9.17) is 5.11 Å². The SMILES string of the molecule is CCCCCCCC.CCO.Cc1ccccc1C. The highest BCUT2D eigenvalue weighted by atomic mass is 16.2. The molecule has 0 aromatic heterocycles. The first kappa shape index (κ1) is 20.5. The monoisotopic (exact) mass is 266 g/mol. The topological polar surface area (TPSA) is 20.2 Å². The van der Waals surface area contributed by atoms with E-state index in [2.05, 4.69) is 52.0 Å². The van der Waals surface area contributed by atoms with Gasteiger partial charge in [0, 0.05) is 6.61 Å². The Morgan fingerprint density at radius 3 is 1.26 bits per heavy atom. The summed E-state index contributed by atoms with van der Waals surface area (Å²) in [6, 6.07) is 8.36. The van der Waals surface area contributed by atoms with Gasteiger partial charge in [-0.25, -0.2) is 0 Å². The molecule has 0 aliphatic carbocycles. The molecule has 1 nitrogen and oxygen atoms in total. The van der Waals surface area contributed by atoms with E-state index in [1.165, 1.54) is 49.7 Å². The maximum Gasteiger partial charge on any atom is 0.0402 e. The van der Waals surface area contributed by atoms with Gasteiger partial charge in [0.1, 0.15) is 0 Å². The van der Waals surface area contributed by atoms with Crippen molar-refractivity contribution in [2.24, 2.45) is 0 Å². The van der Waals surface area contributed by atoms with Gasteiger partial charge in [0.2, 0.25) is 0 Å². The van der Waals surface area contributed by atoms with Crippen molar-refractivity contribution in [1.29, 1.82) is 0 Å². The Labute approximate surface area is 121 Å². The number of aryl methyl sites for hydroxylation is 2. The molecule has 1 aromatic rings. The Balaban J connectivity index is 0. The molecule has 0 amide bonds. The molecule has 0 aliphatic rings. The third kappa shape index (κ3) is 17.2. The van der Waals surface area contributed by atoms with Crippen molar-refractivity contribution in [2.75, 3.05) is 6.61 Å². The van der Waals surface area contributed by atoms with Crippen LogP contribution in [0.1, 0.15) is 70.4 Å². The summed E-state index contributed by atoms with van der Waals surface area (Å²) in [6.07, 6.45) is 8.49. The van der Waals surface area contributed by atoms with Crippen molar-refractivity contribution in [3.05, 3.63) is 35.4 Å². The summed E-state index contributed by atoms with van der Waals surface area (Å²) in [5.41, 5.74) is 2.74. The van der Waals surface area contributed by atoms with E-state index in [1.54, 1.807) is 6.92 Å². The molecule has 0 radical (unpaired) electrons. The Kier molecular flexibility index (Phi) is 18.5. The summed E-state index contributed by atoms with van der Waals surface area (Å²) >= 11 is 0. The minimum atomic E-state index is 0.250. The van der Waals surface area contributed by atoms with Gasteiger partial charge in [-0.3, -0.25) is 0 Å². The van der Waals surface area contributed by atoms with Crippen LogP contribution in [0, 0.1) is 13.8 Å². The van der Waals surface area contributed by atoms with E-state index in [9.17, 15) is 0 Å². The highest BCUT2D eigenvalue weighted by molar-refractivity contribution is 5.23. The van der Waals surface area contributed by atoms with Crippen LogP contribution in [0.4, 0.5) is 0 Å². The fraction of sp³-hybridized carbons (Fsp3) is 0.667. The Bertz CT molecular complexity index is 241. The quantitative estimate of drug-likeness (QED) is 0.681. The number of rotatable bonds is 5. The van der Waals surface area contributed by atoms with Gasteiger partial charge in [0.15, 0.2) is 0 Å². The Hall–Kier alpha value is -0.820. The summed E-state index contributed by atoms with van der Waals surface area (Å²) in [6.45, 7) is 10.7. The second kappa shape index (κ2) is 17.2. The lowest BCUT2D eigenvalue weighted by Crippen LogP contribution is -1.74. The zero-order valence-electron chi connectivity index (χ0n) is 13.7. The van der Waals surface area contributed by atoms with Crippen LogP contribution in [-0.4, -0.2) is 11.7 Å². The fourth-order valence-corrected chi connectivity index (χ4v) is 1.52. The fourth-order valence-electron chi connectivity index (χ4n) is 1.52. The third-order valence-electron chi connectivity index (χ3n) is 2.88. The van der Waals surface area contributed by atoms with E-state index < -0.39 is 0 Å². The van der Waals surface area contributed by atoms with Gasteiger partial charge in [-0.15, -0.1) is 0 Å². The summed E-state index contributed by atoms with van der Waals surface area (Å²) in [5, 5.41) is 7.57. The maximum absolute atomic E-state index is 7.57. The largest absolute Gasteiger partial charge is 0.397 e. The molecule has 1 rings (SSSR count). The van der Waals surface area contributed by atoms with Crippen LogP contribution in [0.2, 0.25) is 0 Å². The summed E-state index contributed by atoms with van der Waals surface area (Å²) in [5.74, 6) is 0. The minimum Gasteiger partial charge on any atom is -0.397 e. The Morgan fingerprint density at radius 1 is 0.737 bits per heavy atom. The van der Waals surface area contributed by atoms with Gasteiger partial charge >= 0.3 is 0 Å². The van der Waals surface area contributed by atoms with Crippen molar-refractivity contribution in [2.45, 2.75) is 73.1 Å². The molecule has 19 heavy (non-hydrogen) atoms. The number of hydrogen-bond acceptors (Lipinski definition) is 1. The number of benzene rings is 1. The molecule has 0 saturated carbocycles. The summed E-state index contributed by atoms with van der Waals surface area (Å²) in [4.78, 5) is 0. The van der Waals surface area contributed by atoms with Crippen LogP contribution in [0.15, 0.2) is 24.3 Å². The normalized spacial score (nSPS) is 8.95. The predicted octanol–water partition coefficient (Wildman–Crippen LogP) is 5.67. The van der Waals surface area contributed by atoms with Crippen LogP contribution in [0.5, 0.6) is 0 Å². The molecule has 1 heteroatoms. The van der Waals surface area contributed by atoms with Crippen molar-refractivity contribution in [3.63, 3.8) is 0 Å². The number of unbranched alkanes of at least 4 members (excludes halogenated alkanes) is 5. The molecule has 0 heterocycles. The molecule has 0 fully saturated rings. The molecule has 0 atom stereocenters. The van der Waals surface area contributed by atoms with E-state index >= 15 is 0 Å². The number of aliphatic hydroxyl groups excluding tert-OH is 1. The zero-order chi connectivity index (χ0) is 14.9. The van der Waals surface area contributed by atoms with Crippen molar-refractivity contribution in [1.82, 2.24) is 0 Å². The van der Waals surface area contributed by atoms with Gasteiger partial charge in [-0.2, -0.15) is 0 Å². The van der Waals surface area contributed by atoms with Gasteiger partial charge in [0.05, 0.1) is 0 Å². The maximum atomic E-state index is 7.57. The zero-order valence-corrected chi connectivity index (χ0v) is 13.7. The van der Waals surface area contributed by atoms with E-state index in [-0.39, 0.29) is 6.61 Å². The molecular weight excluding hydrogens is 232 g/mol. The van der Waals surface area contributed by atoms with Gasteiger partial charge < -0.3 is 5.11 Å². The summed E-state index contributed by atoms with van der Waals surface area (Å²) < 4.78 is 0. The standard InChI is InChI=1S/C8H10.C8H18.C2H6O/c1-7-5-3-4-6-8(7)2;1-3-5-7-8-6-4-2;1-2-3/h3-6H,1-2H3;3-8H2,1-2H3;3H,2H2,1H3. The Morgan fingerprint density at radius 2 is 1.05 bits per heavy atom. The van der Waals surface area contributed by atoms with Crippen LogP contribution >= 0.6 is 0 Å². The lowest BCUT2D eigenvalue weighted by Gasteiger charge is -1.93. The lowest BCUT2D eigenvalue weighted by molar-refractivity contribution is 0.318. The molecule has 1 N–H and O–H groups in total. The van der Waals surface area contributed by atoms with Crippen LogP contribution in [0.25, 0.3) is 0 Å². The molecule has 0 unspecified atom stereocenters. The molecule has 0 saturated heterocycles. The highest BCUT2D eigenvalue weighted by Crippen LogP contribution is 2.03. The smallest absolute Gasteiger partial charge is 0.0402 e. The number of aliphatic hydroxyl groups is 1. The second-order valence-corrected chi connectivity index (χ2v) is 4.81. The van der Waals surface area contributed by atoms with Gasteiger partial charge in [-0.05, 0) is 31.9 Å². The predicted molar refractivity (Wildman–Crippen MR) is 87.7 cm³/mol. The van der Waals surface area contributed by atoms with Crippen molar-refractivity contribution >= 4 is 0 Å². The summed E-state index contributed by atoms with van der Waals surface area (Å²) in [7, 11) is 0. The van der Waals surface area contributed by atoms with Gasteiger partial charge in [-0.1, -0.05) is 76.6 Å². The molecule has 0 bridgehead atoms. The molecule has 0 aliphatic heterocycles. The first-order chi connectivity index (χ1) is 9.13. The average molecular weight is 266 g/mol. The number of hydrogen-bond donors (Lipinski definition) is 1. The van der Waals surface area contributed by atoms with E-state index in [0.717, 1.165) is 0 Å². The second-order valence-electron chi connectivity index (χ2n) is 4.81. The van der Waals surface area contributed by atoms with Crippen molar-refractivity contribution in [3.8, 4) is 0 Å². The first-order valence-electron chi connectivity index (χ1n) is 7.76. The van der Waals surface area contributed by atoms with Crippen LogP contribution < -0.4 is 0 Å². The molecule has 112 valence electrons. The highest BCUT2D eigenvalue weighted by Gasteiger charge is 1.84. The third-order valence-corrected chi connectivity index (χ3v) is 2.88. The molecule has 1 aromatic carbocycles. The molecular formula is C18H34O. The van der Waals surface area contributed by atoms with E-state index in [1.807, 2.05) is 0 Å². The molecule has 0 spiro atoms. The van der Waals surface area contributed by atoms with Gasteiger partial charge in [0.25, 0.3) is 0 Å². The van der Waals surface area contributed by atoms with Crippen molar-refractivity contribution < 1.29 is 5.11 Å². The lowest BCUT2D eigenvalue weighted by atomic mass is 10.1. The minimum absolute atomic E-state index is 0.250. The average Bonchev–Trinajstić information content (AvgIpc) is 2.40. The van der Waals surface area contributed by atoms with E-state index in [0.29, 0.717) is 0 Å².